The van der Waals surface area contributed by atoms with E-state index in [4.69, 9.17) is 9.47 Å². The van der Waals surface area contributed by atoms with Crippen LogP contribution in [-0.4, -0.2) is 12.1 Å². The van der Waals surface area contributed by atoms with Crippen molar-refractivity contribution in [1.82, 2.24) is 0 Å². The van der Waals surface area contributed by atoms with Gasteiger partial charge in [-0.25, -0.2) is 0 Å². The van der Waals surface area contributed by atoms with Crippen LogP contribution in [0.2, 0.25) is 0 Å². The number of esters is 1. The Morgan fingerprint density at radius 3 is 2.75 bits per heavy atom. The van der Waals surface area contributed by atoms with Gasteiger partial charge in [0.15, 0.2) is 0 Å². The molecule has 0 radical (unpaired) electrons. The van der Waals surface area contributed by atoms with E-state index in [1.807, 2.05) is 18.2 Å². The molecule has 1 aliphatic heterocycles. The van der Waals surface area contributed by atoms with Crippen LogP contribution in [0.1, 0.15) is 63.5 Å². The molecule has 3 aliphatic rings. The van der Waals surface area contributed by atoms with Gasteiger partial charge in [0.2, 0.25) is 0 Å². The first-order valence-corrected chi connectivity index (χ1v) is 9.37. The van der Waals surface area contributed by atoms with E-state index in [2.05, 4.69) is 12.1 Å². The maximum Gasteiger partial charge on any atom is 0.308 e. The number of carbonyl (C=O) groups excluding carboxylic acids is 1. The molecule has 0 bridgehead atoms. The van der Waals surface area contributed by atoms with Gasteiger partial charge in [-0.2, -0.15) is 0 Å². The number of hydrogen-bond acceptors (Lipinski definition) is 3. The lowest BCUT2D eigenvalue weighted by Gasteiger charge is -2.47. The summed E-state index contributed by atoms with van der Waals surface area (Å²) in [6.45, 7) is 1.46. The molecule has 4 atom stereocenters. The summed E-state index contributed by atoms with van der Waals surface area (Å²) in [7, 11) is 0. The Labute approximate surface area is 144 Å². The van der Waals surface area contributed by atoms with E-state index < -0.39 is 0 Å². The summed E-state index contributed by atoms with van der Waals surface area (Å²) in [5.41, 5.74) is 2.66. The van der Waals surface area contributed by atoms with E-state index in [0.717, 1.165) is 12.0 Å². The zero-order valence-corrected chi connectivity index (χ0v) is 14.4. The summed E-state index contributed by atoms with van der Waals surface area (Å²) < 4.78 is 12.1. The summed E-state index contributed by atoms with van der Waals surface area (Å²) in [5, 5.41) is 0. The summed E-state index contributed by atoms with van der Waals surface area (Å²) in [4.78, 5) is 11.5. The minimum Gasteiger partial charge on any atom is -0.426 e. The van der Waals surface area contributed by atoms with Crippen LogP contribution < -0.4 is 4.74 Å². The molecule has 4 rings (SSSR count). The second-order valence-corrected chi connectivity index (χ2v) is 7.36. The number of rotatable bonds is 2. The topological polar surface area (TPSA) is 35.5 Å². The number of hydrogen-bond donors (Lipinski definition) is 0. The Morgan fingerprint density at radius 1 is 1.08 bits per heavy atom. The quantitative estimate of drug-likeness (QED) is 0.437. The Hall–Kier alpha value is -1.61. The monoisotopic (exact) mass is 326 g/mol. The lowest BCUT2D eigenvalue weighted by atomic mass is 9.68. The van der Waals surface area contributed by atoms with Gasteiger partial charge >= 0.3 is 5.97 Å². The number of benzene rings is 1. The van der Waals surface area contributed by atoms with Crippen LogP contribution in [0.4, 0.5) is 0 Å². The molecule has 3 nitrogen and oxygen atoms in total. The highest BCUT2D eigenvalue weighted by Crippen LogP contribution is 2.52. The summed E-state index contributed by atoms with van der Waals surface area (Å²) in [6, 6.07) is 7.90. The van der Waals surface area contributed by atoms with Gasteiger partial charge in [-0.1, -0.05) is 42.7 Å². The van der Waals surface area contributed by atoms with Gasteiger partial charge in [-0.15, -0.1) is 0 Å². The molecule has 0 unspecified atom stereocenters. The number of fused-ring (bicyclic) bond motifs is 3. The number of carbonyl (C=O) groups is 1. The van der Waals surface area contributed by atoms with Crippen LogP contribution in [-0.2, 0) is 9.53 Å². The summed E-state index contributed by atoms with van der Waals surface area (Å²) in [6.07, 6.45) is 11.4. The average molecular weight is 326 g/mol. The number of ether oxygens (including phenoxy) is 2. The third kappa shape index (κ3) is 2.90. The molecule has 3 heteroatoms. The Balaban J connectivity index is 1.71. The van der Waals surface area contributed by atoms with Crippen LogP contribution in [0.5, 0.6) is 5.75 Å². The molecule has 1 saturated heterocycles. The van der Waals surface area contributed by atoms with E-state index in [0.29, 0.717) is 23.7 Å². The maximum absolute atomic E-state index is 11.5. The van der Waals surface area contributed by atoms with Gasteiger partial charge in [0.1, 0.15) is 5.75 Å². The normalized spacial score (nSPS) is 32.3. The van der Waals surface area contributed by atoms with E-state index >= 15 is 0 Å². The molecule has 1 aromatic carbocycles. The largest absolute Gasteiger partial charge is 0.426 e. The molecule has 1 heterocycles. The van der Waals surface area contributed by atoms with Crippen molar-refractivity contribution in [2.24, 2.45) is 11.8 Å². The highest BCUT2D eigenvalue weighted by Gasteiger charge is 2.44. The zero-order chi connectivity index (χ0) is 16.5. The van der Waals surface area contributed by atoms with E-state index in [9.17, 15) is 4.79 Å². The van der Waals surface area contributed by atoms with Gasteiger partial charge < -0.3 is 9.47 Å². The van der Waals surface area contributed by atoms with Crippen molar-refractivity contribution in [1.29, 1.82) is 0 Å². The predicted molar refractivity (Wildman–Crippen MR) is 92.7 cm³/mol. The second-order valence-electron chi connectivity index (χ2n) is 7.36. The minimum absolute atomic E-state index is 0.0199. The first kappa shape index (κ1) is 15.9. The zero-order valence-electron chi connectivity index (χ0n) is 14.4. The van der Waals surface area contributed by atoms with Crippen molar-refractivity contribution in [3.63, 3.8) is 0 Å². The van der Waals surface area contributed by atoms with Crippen LogP contribution in [0.15, 0.2) is 35.9 Å². The highest BCUT2D eigenvalue weighted by atomic mass is 16.5. The maximum atomic E-state index is 11.5. The second kappa shape index (κ2) is 6.72. The standard InChI is InChI=1S/C21H26O3/c1-14(22)23-20-13-7-5-11-18(20)21-17-10-3-2-8-15(17)16-9-4-6-12-19(16)24-21/h5,7-8,11,13,16-17,19,21H,2-4,6,9-10,12H2,1H3/t16-,17+,19-,21+/m0/s1. The van der Waals surface area contributed by atoms with Crippen molar-refractivity contribution in [3.05, 3.63) is 41.5 Å². The van der Waals surface area contributed by atoms with Gasteiger partial charge in [0, 0.05) is 24.3 Å². The molecule has 0 N–H and O–H groups in total. The Morgan fingerprint density at radius 2 is 1.88 bits per heavy atom. The molecular weight excluding hydrogens is 300 g/mol. The smallest absolute Gasteiger partial charge is 0.308 e. The van der Waals surface area contributed by atoms with E-state index in [-0.39, 0.29) is 12.1 Å². The fourth-order valence-electron chi connectivity index (χ4n) is 4.85. The fourth-order valence-corrected chi connectivity index (χ4v) is 4.85. The predicted octanol–water partition coefficient (Wildman–Crippen LogP) is 4.97. The van der Waals surface area contributed by atoms with Crippen molar-refractivity contribution < 1.29 is 14.3 Å². The van der Waals surface area contributed by atoms with Crippen LogP contribution in [0.25, 0.3) is 0 Å². The van der Waals surface area contributed by atoms with Crippen molar-refractivity contribution >= 4 is 5.97 Å². The highest BCUT2D eigenvalue weighted by molar-refractivity contribution is 5.69. The summed E-state index contributed by atoms with van der Waals surface area (Å²) >= 11 is 0. The van der Waals surface area contributed by atoms with Crippen LogP contribution in [0, 0.1) is 11.8 Å². The molecule has 128 valence electrons. The molecule has 0 aromatic heterocycles. The lowest BCUT2D eigenvalue weighted by molar-refractivity contribution is -0.132. The van der Waals surface area contributed by atoms with E-state index in [1.165, 1.54) is 45.4 Å². The average Bonchev–Trinajstić information content (AvgIpc) is 2.61. The van der Waals surface area contributed by atoms with Gasteiger partial charge in [0.05, 0.1) is 12.2 Å². The third-order valence-corrected chi connectivity index (χ3v) is 5.82. The fraction of sp³-hybridized carbons (Fsp3) is 0.571. The van der Waals surface area contributed by atoms with Gasteiger partial charge in [-0.3, -0.25) is 4.79 Å². The number of allylic oxidation sites excluding steroid dienone is 1. The SMILES string of the molecule is CC(=O)Oc1ccccc1[C@@H]1O[C@H]2CCCC[C@H]2C2=CCCC[C@H]21. The van der Waals surface area contributed by atoms with Gasteiger partial charge in [0.25, 0.3) is 0 Å². The third-order valence-electron chi connectivity index (χ3n) is 5.82. The molecule has 24 heavy (non-hydrogen) atoms. The van der Waals surface area contributed by atoms with Crippen molar-refractivity contribution in [2.75, 3.05) is 0 Å². The van der Waals surface area contributed by atoms with Gasteiger partial charge in [-0.05, 0) is 38.2 Å². The molecule has 2 aliphatic carbocycles. The van der Waals surface area contributed by atoms with Crippen LogP contribution in [0.3, 0.4) is 0 Å². The molecule has 1 aromatic rings. The first-order valence-electron chi connectivity index (χ1n) is 9.37. The Kier molecular flexibility index (Phi) is 4.45. The lowest BCUT2D eigenvalue weighted by Crippen LogP contribution is -2.41. The number of para-hydroxylation sites is 1. The van der Waals surface area contributed by atoms with E-state index in [1.54, 1.807) is 5.57 Å². The minimum atomic E-state index is -0.270. The molecule has 2 fully saturated rings. The molecule has 1 saturated carbocycles. The van der Waals surface area contributed by atoms with Crippen molar-refractivity contribution in [2.45, 2.75) is 64.1 Å². The Bertz CT molecular complexity index is 648. The summed E-state index contributed by atoms with van der Waals surface area (Å²) in [5.74, 6) is 1.44. The first-order chi connectivity index (χ1) is 11.7. The molecule has 0 amide bonds. The molecular formula is C21H26O3. The van der Waals surface area contributed by atoms with Crippen molar-refractivity contribution in [3.8, 4) is 5.75 Å². The molecule has 0 spiro atoms. The van der Waals surface area contributed by atoms with Crippen LogP contribution >= 0.6 is 0 Å².